The maximum absolute atomic E-state index is 12.2. The molecule has 1 aromatic heterocycles. The lowest BCUT2D eigenvalue weighted by Gasteiger charge is -2.21. The van der Waals surface area contributed by atoms with Crippen LogP contribution in [0.4, 0.5) is 5.69 Å². The summed E-state index contributed by atoms with van der Waals surface area (Å²) in [6.07, 6.45) is 2.30. The van der Waals surface area contributed by atoms with Gasteiger partial charge in [0.15, 0.2) is 0 Å². The third kappa shape index (κ3) is 4.82. The quantitative estimate of drug-likeness (QED) is 0.538. The Kier molecular flexibility index (Phi) is 7.01. The van der Waals surface area contributed by atoms with E-state index in [0.29, 0.717) is 18.5 Å². The van der Waals surface area contributed by atoms with Crippen LogP contribution in [0.25, 0.3) is 11.0 Å². The summed E-state index contributed by atoms with van der Waals surface area (Å²) in [6.45, 7) is 6.48. The molecule has 2 aromatic rings. The van der Waals surface area contributed by atoms with Crippen molar-refractivity contribution in [2.75, 3.05) is 31.1 Å². The third-order valence-corrected chi connectivity index (χ3v) is 4.21. The summed E-state index contributed by atoms with van der Waals surface area (Å²) in [5.41, 5.74) is 0.859. The van der Waals surface area contributed by atoms with Gasteiger partial charge < -0.3 is 19.7 Å². The first-order valence-electron chi connectivity index (χ1n) is 8.82. The second-order valence-corrected chi connectivity index (χ2v) is 5.88. The van der Waals surface area contributed by atoms with Crippen LogP contribution in [0.1, 0.15) is 43.5 Å². The fourth-order valence-electron chi connectivity index (χ4n) is 2.75. The Bertz CT molecular complexity index is 766. The molecule has 0 saturated heterocycles. The second kappa shape index (κ2) is 9.22. The number of carbonyl (C=O) groups is 1. The third-order valence-electron chi connectivity index (χ3n) is 4.21. The summed E-state index contributed by atoms with van der Waals surface area (Å²) >= 11 is 0. The Morgan fingerprint density at radius 3 is 2.60 bits per heavy atom. The number of aliphatic hydroxyl groups is 1. The van der Waals surface area contributed by atoms with E-state index in [2.05, 4.69) is 24.1 Å². The van der Waals surface area contributed by atoms with Crippen LogP contribution in [0.2, 0.25) is 0 Å². The zero-order chi connectivity index (χ0) is 18.2. The SMILES string of the molecule is CCN(CC)c1ccc2cc(C(=O)NCCCCCO)c(=O)oc2c1. The van der Waals surface area contributed by atoms with Crippen molar-refractivity contribution >= 4 is 22.6 Å². The minimum Gasteiger partial charge on any atom is -0.422 e. The normalized spacial score (nSPS) is 10.8. The first-order chi connectivity index (χ1) is 12.1. The van der Waals surface area contributed by atoms with Crippen LogP contribution in [0.3, 0.4) is 0 Å². The average molecular weight is 346 g/mol. The van der Waals surface area contributed by atoms with Crippen molar-refractivity contribution < 1.29 is 14.3 Å². The highest BCUT2D eigenvalue weighted by atomic mass is 16.4. The number of hydrogen-bond donors (Lipinski definition) is 2. The fourth-order valence-corrected chi connectivity index (χ4v) is 2.75. The van der Waals surface area contributed by atoms with E-state index in [1.54, 1.807) is 6.07 Å². The molecule has 136 valence electrons. The number of anilines is 1. The van der Waals surface area contributed by atoms with Crippen molar-refractivity contribution in [3.63, 3.8) is 0 Å². The summed E-state index contributed by atoms with van der Waals surface area (Å²) in [4.78, 5) is 26.5. The molecule has 0 unspecified atom stereocenters. The molecule has 1 heterocycles. The summed E-state index contributed by atoms with van der Waals surface area (Å²) in [6, 6.07) is 7.24. The highest BCUT2D eigenvalue weighted by molar-refractivity contribution is 5.96. The maximum Gasteiger partial charge on any atom is 0.349 e. The van der Waals surface area contributed by atoms with Gasteiger partial charge in [-0.1, -0.05) is 0 Å². The molecular weight excluding hydrogens is 320 g/mol. The van der Waals surface area contributed by atoms with Gasteiger partial charge in [-0.25, -0.2) is 4.79 Å². The number of amides is 1. The number of benzene rings is 1. The molecular formula is C19H26N2O4. The van der Waals surface area contributed by atoms with Crippen LogP contribution in [-0.4, -0.2) is 37.3 Å². The standard InChI is InChI=1S/C19H26N2O4/c1-3-21(4-2)15-9-8-14-12-16(19(24)25-17(14)13-15)18(23)20-10-6-5-7-11-22/h8-9,12-13,22H,3-7,10-11H2,1-2H3,(H,20,23). The van der Waals surface area contributed by atoms with Crippen LogP contribution in [0.15, 0.2) is 33.5 Å². The van der Waals surface area contributed by atoms with Crippen LogP contribution in [0, 0.1) is 0 Å². The van der Waals surface area contributed by atoms with E-state index in [0.717, 1.165) is 37.0 Å². The molecule has 6 heteroatoms. The lowest BCUT2D eigenvalue weighted by atomic mass is 10.1. The minimum atomic E-state index is -0.628. The summed E-state index contributed by atoms with van der Waals surface area (Å²) in [5.74, 6) is -0.424. The van der Waals surface area contributed by atoms with Crippen LogP contribution in [-0.2, 0) is 0 Å². The van der Waals surface area contributed by atoms with Gasteiger partial charge in [0.2, 0.25) is 0 Å². The number of fused-ring (bicyclic) bond motifs is 1. The maximum atomic E-state index is 12.2. The van der Waals surface area contributed by atoms with Crippen LogP contribution >= 0.6 is 0 Å². The Hall–Kier alpha value is -2.34. The number of rotatable bonds is 9. The van der Waals surface area contributed by atoms with E-state index < -0.39 is 11.5 Å². The van der Waals surface area contributed by atoms with Crippen molar-refractivity contribution in [1.29, 1.82) is 0 Å². The van der Waals surface area contributed by atoms with E-state index >= 15 is 0 Å². The molecule has 0 spiro atoms. The molecule has 6 nitrogen and oxygen atoms in total. The highest BCUT2D eigenvalue weighted by Gasteiger charge is 2.14. The zero-order valence-corrected chi connectivity index (χ0v) is 14.9. The van der Waals surface area contributed by atoms with E-state index in [-0.39, 0.29) is 12.2 Å². The smallest absolute Gasteiger partial charge is 0.349 e. The number of nitrogens with one attached hydrogen (secondary N) is 1. The summed E-state index contributed by atoms with van der Waals surface area (Å²) in [7, 11) is 0. The first kappa shape index (κ1) is 19.0. The Morgan fingerprint density at radius 1 is 1.16 bits per heavy atom. The molecule has 0 aliphatic carbocycles. The Balaban J connectivity index is 2.17. The molecule has 0 aliphatic heterocycles. The summed E-state index contributed by atoms with van der Waals surface area (Å²) in [5, 5.41) is 12.2. The van der Waals surface area contributed by atoms with Crippen molar-refractivity contribution in [3.05, 3.63) is 40.2 Å². The molecule has 1 amide bonds. The fraction of sp³-hybridized carbons (Fsp3) is 0.474. The van der Waals surface area contributed by atoms with E-state index in [9.17, 15) is 9.59 Å². The lowest BCUT2D eigenvalue weighted by molar-refractivity contribution is 0.0949. The van der Waals surface area contributed by atoms with Gasteiger partial charge in [0.05, 0.1) is 0 Å². The number of hydrogen-bond acceptors (Lipinski definition) is 5. The predicted octanol–water partition coefficient (Wildman–Crippen LogP) is 2.53. The number of unbranched alkanes of at least 4 members (excludes halogenated alkanes) is 2. The molecule has 1 aromatic carbocycles. The molecule has 0 atom stereocenters. The molecule has 0 bridgehead atoms. The topological polar surface area (TPSA) is 82.8 Å². The van der Waals surface area contributed by atoms with Crippen molar-refractivity contribution in [1.82, 2.24) is 5.32 Å². The van der Waals surface area contributed by atoms with Gasteiger partial charge in [0, 0.05) is 43.4 Å². The molecule has 0 radical (unpaired) electrons. The molecule has 2 N–H and O–H groups in total. The van der Waals surface area contributed by atoms with E-state index in [1.807, 2.05) is 18.2 Å². The van der Waals surface area contributed by atoms with Gasteiger partial charge in [-0.15, -0.1) is 0 Å². The number of carbonyl (C=O) groups excluding carboxylic acids is 1. The largest absolute Gasteiger partial charge is 0.422 e. The van der Waals surface area contributed by atoms with Crippen molar-refractivity contribution in [2.45, 2.75) is 33.1 Å². The van der Waals surface area contributed by atoms with Crippen LogP contribution in [0.5, 0.6) is 0 Å². The number of nitrogens with zero attached hydrogens (tertiary/aromatic N) is 1. The molecule has 2 rings (SSSR count). The minimum absolute atomic E-state index is 0.0187. The Morgan fingerprint density at radius 2 is 1.92 bits per heavy atom. The predicted molar refractivity (Wildman–Crippen MR) is 99.3 cm³/mol. The van der Waals surface area contributed by atoms with E-state index in [1.165, 1.54) is 0 Å². The van der Waals surface area contributed by atoms with Gasteiger partial charge in [-0.05, 0) is 51.3 Å². The summed E-state index contributed by atoms with van der Waals surface area (Å²) < 4.78 is 5.36. The molecule has 0 fully saturated rings. The second-order valence-electron chi connectivity index (χ2n) is 5.88. The Labute approximate surface area is 147 Å². The van der Waals surface area contributed by atoms with Gasteiger partial charge in [-0.2, -0.15) is 0 Å². The van der Waals surface area contributed by atoms with Gasteiger partial charge in [0.25, 0.3) is 5.91 Å². The average Bonchev–Trinajstić information content (AvgIpc) is 2.61. The monoisotopic (exact) mass is 346 g/mol. The van der Waals surface area contributed by atoms with Crippen LogP contribution < -0.4 is 15.8 Å². The molecule has 0 saturated carbocycles. The van der Waals surface area contributed by atoms with Crippen molar-refractivity contribution in [2.24, 2.45) is 0 Å². The lowest BCUT2D eigenvalue weighted by Crippen LogP contribution is -2.29. The molecule has 0 aliphatic rings. The first-order valence-corrected chi connectivity index (χ1v) is 8.82. The highest BCUT2D eigenvalue weighted by Crippen LogP contribution is 2.21. The van der Waals surface area contributed by atoms with Crippen molar-refractivity contribution in [3.8, 4) is 0 Å². The zero-order valence-electron chi connectivity index (χ0n) is 14.9. The van der Waals surface area contributed by atoms with Gasteiger partial charge >= 0.3 is 5.63 Å². The van der Waals surface area contributed by atoms with E-state index in [4.69, 9.17) is 9.52 Å². The van der Waals surface area contributed by atoms with Gasteiger partial charge in [0.1, 0.15) is 11.1 Å². The molecule has 25 heavy (non-hydrogen) atoms. The number of aliphatic hydroxyl groups excluding tert-OH is 1. The van der Waals surface area contributed by atoms with Gasteiger partial charge in [-0.3, -0.25) is 4.79 Å².